The van der Waals surface area contributed by atoms with Crippen molar-refractivity contribution in [3.63, 3.8) is 0 Å². The summed E-state index contributed by atoms with van der Waals surface area (Å²) in [6, 6.07) is 5.03. The number of amides is 1. The summed E-state index contributed by atoms with van der Waals surface area (Å²) in [7, 11) is 0. The molecule has 2 N–H and O–H groups in total. The van der Waals surface area contributed by atoms with Gasteiger partial charge in [-0.25, -0.2) is 0 Å². The predicted molar refractivity (Wildman–Crippen MR) is 75.6 cm³/mol. The van der Waals surface area contributed by atoms with Crippen LogP contribution in [0, 0.1) is 12.3 Å². The number of anilines is 1. The van der Waals surface area contributed by atoms with Gasteiger partial charge in [-0.3, -0.25) is 0 Å². The molecule has 0 aliphatic carbocycles. The van der Waals surface area contributed by atoms with E-state index in [9.17, 15) is 14.7 Å². The molecule has 0 saturated carbocycles. The normalized spacial score (nSPS) is 11.4. The summed E-state index contributed by atoms with van der Waals surface area (Å²) in [4.78, 5) is 24.0. The molecule has 0 fully saturated rings. The second-order valence-electron chi connectivity index (χ2n) is 5.42. The van der Waals surface area contributed by atoms with Gasteiger partial charge < -0.3 is 0 Å². The molecular formula is C15H21INO3-. The van der Waals surface area contributed by atoms with E-state index < -0.39 is 26.6 Å². The van der Waals surface area contributed by atoms with Crippen molar-refractivity contribution in [1.82, 2.24) is 0 Å². The standard InChI is InChI=1S/C15H21INO3/c1-5-8-15(3,4)13(19)16-14(20)17-11-7-6-10(2)9-12(11)18/h6-7,9,18H,5,8H2,1-4H3,(H,17,20)/q-1. The number of hydrogen-bond donors (Lipinski definition) is 2. The Morgan fingerprint density at radius 1 is 1.35 bits per heavy atom. The van der Waals surface area contributed by atoms with Crippen molar-refractivity contribution in [2.24, 2.45) is 5.41 Å². The van der Waals surface area contributed by atoms with E-state index in [-0.39, 0.29) is 13.5 Å². The molecule has 1 rings (SSSR count). The summed E-state index contributed by atoms with van der Waals surface area (Å²) in [6.07, 6.45) is 1.71. The quantitative estimate of drug-likeness (QED) is 0.325. The van der Waals surface area contributed by atoms with Crippen molar-refractivity contribution in [3.8, 4) is 5.75 Å². The number of hydrogen-bond acceptors (Lipinski definition) is 3. The van der Waals surface area contributed by atoms with Crippen LogP contribution in [0.4, 0.5) is 10.5 Å². The van der Waals surface area contributed by atoms with E-state index in [4.69, 9.17) is 0 Å². The monoisotopic (exact) mass is 390 g/mol. The number of aromatic hydroxyl groups is 1. The molecule has 1 aromatic carbocycles. The molecule has 1 aromatic rings. The molecule has 0 atom stereocenters. The summed E-state index contributed by atoms with van der Waals surface area (Å²) in [5.41, 5.74) is 0.839. The molecule has 4 nitrogen and oxygen atoms in total. The molecule has 0 radical (unpaired) electrons. The molecule has 0 bridgehead atoms. The Morgan fingerprint density at radius 2 is 2.00 bits per heavy atom. The van der Waals surface area contributed by atoms with Gasteiger partial charge in [-0.05, 0) is 0 Å². The van der Waals surface area contributed by atoms with Crippen molar-refractivity contribution in [3.05, 3.63) is 23.8 Å². The summed E-state index contributed by atoms with van der Waals surface area (Å²) in [6.45, 7) is 7.65. The third-order valence-electron chi connectivity index (χ3n) is 2.96. The van der Waals surface area contributed by atoms with Crippen molar-refractivity contribution >= 4 is 13.4 Å². The maximum atomic E-state index is 12.1. The van der Waals surface area contributed by atoms with Gasteiger partial charge in [0.25, 0.3) is 0 Å². The predicted octanol–water partition coefficient (Wildman–Crippen LogP) is 0.674. The van der Waals surface area contributed by atoms with Gasteiger partial charge in [0, 0.05) is 0 Å². The fourth-order valence-corrected chi connectivity index (χ4v) is 3.68. The molecule has 0 aliphatic heterocycles. The van der Waals surface area contributed by atoms with Gasteiger partial charge in [0.15, 0.2) is 0 Å². The molecule has 5 heteroatoms. The third-order valence-corrected chi connectivity index (χ3v) is 5.67. The molecule has 0 heterocycles. The maximum absolute atomic E-state index is 12.1. The Hall–Kier alpha value is -1.11. The van der Waals surface area contributed by atoms with Gasteiger partial charge >= 0.3 is 130 Å². The summed E-state index contributed by atoms with van der Waals surface area (Å²) >= 11 is -1.25. The molecule has 112 valence electrons. The molecular weight excluding hydrogens is 369 g/mol. The first-order valence-electron chi connectivity index (χ1n) is 6.56. The van der Waals surface area contributed by atoms with E-state index in [1.54, 1.807) is 18.2 Å². The first kappa shape index (κ1) is 16.9. The number of aryl methyl sites for hydroxylation is 1. The van der Waals surface area contributed by atoms with Crippen LogP contribution in [0.2, 0.25) is 0 Å². The van der Waals surface area contributed by atoms with Gasteiger partial charge in [-0.15, -0.1) is 0 Å². The first-order chi connectivity index (χ1) is 9.26. The fraction of sp³-hybridized carbons (Fsp3) is 0.467. The Balaban J connectivity index is 2.66. The fourth-order valence-electron chi connectivity index (χ4n) is 1.81. The first-order valence-corrected chi connectivity index (χ1v) is 8.72. The second kappa shape index (κ2) is 7.06. The second-order valence-corrected chi connectivity index (χ2v) is 7.92. The average molecular weight is 390 g/mol. The number of phenolic OH excluding ortho intramolecular Hbond substituents is 1. The minimum absolute atomic E-state index is 0.0299. The van der Waals surface area contributed by atoms with Crippen molar-refractivity contribution in [2.45, 2.75) is 40.5 Å². The third kappa shape index (κ3) is 4.77. The van der Waals surface area contributed by atoms with Gasteiger partial charge in [-0.2, -0.15) is 0 Å². The van der Waals surface area contributed by atoms with Crippen LogP contribution in [-0.4, -0.2) is 12.8 Å². The van der Waals surface area contributed by atoms with E-state index in [2.05, 4.69) is 5.32 Å². The SMILES string of the molecule is CCCC(C)(C)C(=O)[I-]C(=O)Nc1ccc(C)cc1O. The van der Waals surface area contributed by atoms with Crippen molar-refractivity contribution in [2.75, 3.05) is 5.32 Å². The minimum atomic E-state index is -1.25. The van der Waals surface area contributed by atoms with E-state index in [0.29, 0.717) is 5.69 Å². The van der Waals surface area contributed by atoms with Crippen LogP contribution in [0.1, 0.15) is 39.2 Å². The number of rotatable bonds is 6. The summed E-state index contributed by atoms with van der Waals surface area (Å²) < 4.78 is -0.251. The summed E-state index contributed by atoms with van der Waals surface area (Å²) in [5, 5.41) is 12.4. The molecule has 0 spiro atoms. The summed E-state index contributed by atoms with van der Waals surface area (Å²) in [5.74, 6) is 0.0302. The Bertz CT molecular complexity index is 512. The number of halogens is 1. The van der Waals surface area contributed by atoms with Gasteiger partial charge in [-0.1, -0.05) is 0 Å². The topological polar surface area (TPSA) is 66.4 Å². The van der Waals surface area contributed by atoms with Gasteiger partial charge in [0.1, 0.15) is 0 Å². The zero-order valence-corrected chi connectivity index (χ0v) is 14.4. The molecule has 0 aromatic heterocycles. The Morgan fingerprint density at radius 3 is 2.55 bits per heavy atom. The van der Waals surface area contributed by atoms with Crippen LogP contribution >= 0.6 is 0 Å². The van der Waals surface area contributed by atoms with Crippen LogP contribution in [-0.2, 0) is 4.79 Å². The van der Waals surface area contributed by atoms with E-state index >= 15 is 0 Å². The van der Waals surface area contributed by atoms with Crippen LogP contribution in [0.15, 0.2) is 18.2 Å². The van der Waals surface area contributed by atoms with Crippen LogP contribution in [0.5, 0.6) is 5.75 Å². The van der Waals surface area contributed by atoms with E-state index in [1.807, 2.05) is 27.7 Å². The number of phenols is 1. The molecule has 1 amide bonds. The average Bonchev–Trinajstić information content (AvgIpc) is 2.32. The van der Waals surface area contributed by atoms with E-state index in [1.165, 1.54) is 0 Å². The number of benzene rings is 1. The molecule has 0 saturated heterocycles. The number of carbonyl (C=O) groups is 2. The number of carbonyl (C=O) groups excluding carboxylic acids is 2. The number of nitrogens with one attached hydrogen (secondary N) is 1. The van der Waals surface area contributed by atoms with Crippen LogP contribution in [0.3, 0.4) is 0 Å². The zero-order chi connectivity index (χ0) is 15.3. The van der Waals surface area contributed by atoms with E-state index in [0.717, 1.165) is 18.4 Å². The van der Waals surface area contributed by atoms with Gasteiger partial charge in [0.2, 0.25) is 0 Å². The molecule has 0 aliphatic rings. The zero-order valence-electron chi connectivity index (χ0n) is 12.3. The van der Waals surface area contributed by atoms with Crippen LogP contribution < -0.4 is 26.5 Å². The van der Waals surface area contributed by atoms with Crippen molar-refractivity contribution < 1.29 is 35.9 Å². The van der Waals surface area contributed by atoms with Crippen molar-refractivity contribution in [1.29, 1.82) is 0 Å². The van der Waals surface area contributed by atoms with Gasteiger partial charge in [0.05, 0.1) is 0 Å². The van der Waals surface area contributed by atoms with Crippen LogP contribution in [0.25, 0.3) is 0 Å². The molecule has 0 unspecified atom stereocenters. The Labute approximate surface area is 130 Å². The Kier molecular flexibility index (Phi) is 5.98. The molecule has 20 heavy (non-hydrogen) atoms.